The van der Waals surface area contributed by atoms with Crippen LogP contribution in [0.3, 0.4) is 0 Å². The molecule has 0 spiro atoms. The molecule has 2 rings (SSSR count). The average Bonchev–Trinajstić information content (AvgIpc) is 2.40. The largest absolute Gasteiger partial charge is 0.508 e. The Kier molecular flexibility index (Phi) is 3.82. The maximum Gasteiger partial charge on any atom is 0.294 e. The summed E-state index contributed by atoms with van der Waals surface area (Å²) in [6.07, 6.45) is 0. The van der Waals surface area contributed by atoms with Crippen molar-refractivity contribution in [3.05, 3.63) is 48.0 Å². The van der Waals surface area contributed by atoms with Crippen LogP contribution in [0.25, 0.3) is 0 Å². The molecule has 7 heteroatoms. The van der Waals surface area contributed by atoms with Crippen molar-refractivity contribution in [2.45, 2.75) is 11.8 Å². The van der Waals surface area contributed by atoms with Crippen LogP contribution in [0.1, 0.15) is 5.56 Å². The van der Waals surface area contributed by atoms with E-state index in [0.717, 1.165) is 0 Å². The fourth-order valence-corrected chi connectivity index (χ4v) is 1.98. The molecule has 0 atom stereocenters. The van der Waals surface area contributed by atoms with Gasteiger partial charge in [0.25, 0.3) is 10.1 Å². The van der Waals surface area contributed by atoms with E-state index in [1.807, 2.05) is 0 Å². The second kappa shape index (κ2) is 5.40. The van der Waals surface area contributed by atoms with Crippen molar-refractivity contribution < 1.29 is 18.1 Å². The van der Waals surface area contributed by atoms with Crippen molar-refractivity contribution in [3.63, 3.8) is 0 Å². The standard InChI is InChI=1S/C13H12N2O4S/c1-9-8-11(4-7-13(9)16)15-14-10-2-5-12(6-3-10)20(17,18)19/h2-8,16H,1H3,(H,17,18,19)/b15-14+. The van der Waals surface area contributed by atoms with E-state index in [-0.39, 0.29) is 10.6 Å². The number of aryl methyl sites for hydroxylation is 1. The Morgan fingerprint density at radius 1 is 0.950 bits per heavy atom. The molecule has 0 saturated carbocycles. The maximum atomic E-state index is 10.9. The normalized spacial score (nSPS) is 11.9. The van der Waals surface area contributed by atoms with Gasteiger partial charge < -0.3 is 5.11 Å². The monoisotopic (exact) mass is 292 g/mol. The van der Waals surface area contributed by atoms with E-state index in [1.165, 1.54) is 30.3 Å². The molecule has 0 aliphatic carbocycles. The van der Waals surface area contributed by atoms with Gasteiger partial charge in [-0.2, -0.15) is 18.6 Å². The molecular weight excluding hydrogens is 280 g/mol. The van der Waals surface area contributed by atoms with Gasteiger partial charge in [-0.3, -0.25) is 4.55 Å². The molecule has 2 aromatic rings. The number of benzene rings is 2. The smallest absolute Gasteiger partial charge is 0.294 e. The first kappa shape index (κ1) is 14.2. The molecule has 104 valence electrons. The minimum atomic E-state index is -4.20. The van der Waals surface area contributed by atoms with Crippen LogP contribution in [-0.2, 0) is 10.1 Å². The predicted molar refractivity (Wildman–Crippen MR) is 73.3 cm³/mol. The highest BCUT2D eigenvalue weighted by Crippen LogP contribution is 2.24. The number of hydrogen-bond acceptors (Lipinski definition) is 5. The lowest BCUT2D eigenvalue weighted by molar-refractivity contribution is 0.471. The second-order valence-electron chi connectivity index (χ2n) is 4.14. The molecule has 0 fully saturated rings. The van der Waals surface area contributed by atoms with E-state index in [1.54, 1.807) is 19.1 Å². The zero-order valence-electron chi connectivity index (χ0n) is 10.6. The highest BCUT2D eigenvalue weighted by Gasteiger charge is 2.08. The Balaban J connectivity index is 2.21. The molecule has 6 nitrogen and oxygen atoms in total. The molecular formula is C13H12N2O4S. The van der Waals surface area contributed by atoms with Crippen LogP contribution in [-0.4, -0.2) is 18.1 Å². The van der Waals surface area contributed by atoms with Gasteiger partial charge >= 0.3 is 0 Å². The quantitative estimate of drug-likeness (QED) is 0.669. The minimum absolute atomic E-state index is 0.182. The summed E-state index contributed by atoms with van der Waals surface area (Å²) in [6.45, 7) is 1.75. The first-order valence-electron chi connectivity index (χ1n) is 5.65. The van der Waals surface area contributed by atoms with Crippen LogP contribution in [0.15, 0.2) is 57.6 Å². The number of phenolic OH excluding ortho intramolecular Hbond substituents is 1. The summed E-state index contributed by atoms with van der Waals surface area (Å²) in [7, 11) is -4.20. The van der Waals surface area contributed by atoms with E-state index in [0.29, 0.717) is 16.9 Å². The molecule has 0 unspecified atom stereocenters. The maximum absolute atomic E-state index is 10.9. The highest BCUT2D eigenvalue weighted by atomic mass is 32.2. The number of azo groups is 1. The summed E-state index contributed by atoms with van der Waals surface area (Å²) >= 11 is 0. The molecule has 2 N–H and O–H groups in total. The molecule has 2 aromatic carbocycles. The summed E-state index contributed by atoms with van der Waals surface area (Å²) in [5, 5.41) is 17.3. The fourth-order valence-electron chi connectivity index (χ4n) is 1.50. The molecule has 0 aromatic heterocycles. The molecule has 0 saturated heterocycles. The molecule has 20 heavy (non-hydrogen) atoms. The summed E-state index contributed by atoms with van der Waals surface area (Å²) < 4.78 is 30.6. The van der Waals surface area contributed by atoms with Gasteiger partial charge in [0.1, 0.15) is 5.75 Å². The molecule has 0 heterocycles. The molecule has 0 amide bonds. The third-order valence-corrected chi connectivity index (χ3v) is 3.46. The van der Waals surface area contributed by atoms with Gasteiger partial charge in [0.2, 0.25) is 0 Å². The Labute approximate surface area is 116 Å². The van der Waals surface area contributed by atoms with Crippen LogP contribution < -0.4 is 0 Å². The Hall–Kier alpha value is -2.25. The van der Waals surface area contributed by atoms with E-state index < -0.39 is 10.1 Å². The van der Waals surface area contributed by atoms with E-state index in [4.69, 9.17) is 4.55 Å². The van der Waals surface area contributed by atoms with Crippen LogP contribution in [0.5, 0.6) is 5.75 Å². The number of hydrogen-bond donors (Lipinski definition) is 2. The zero-order chi connectivity index (χ0) is 14.8. The van der Waals surface area contributed by atoms with Gasteiger partial charge in [-0.05, 0) is 55.0 Å². The van der Waals surface area contributed by atoms with E-state index in [9.17, 15) is 13.5 Å². The summed E-state index contributed by atoms with van der Waals surface area (Å²) in [5.41, 5.74) is 1.70. The van der Waals surface area contributed by atoms with Crippen molar-refractivity contribution >= 4 is 21.5 Å². The molecule has 0 radical (unpaired) electrons. The Bertz CT molecular complexity index is 752. The van der Waals surface area contributed by atoms with Crippen molar-refractivity contribution in [2.75, 3.05) is 0 Å². The van der Waals surface area contributed by atoms with Crippen molar-refractivity contribution in [3.8, 4) is 5.75 Å². The van der Waals surface area contributed by atoms with Crippen molar-refractivity contribution in [1.82, 2.24) is 0 Å². The topological polar surface area (TPSA) is 99.3 Å². The summed E-state index contributed by atoms with van der Waals surface area (Å²) in [6, 6.07) is 10.1. The number of phenols is 1. The first-order chi connectivity index (χ1) is 9.36. The van der Waals surface area contributed by atoms with Crippen LogP contribution in [0.2, 0.25) is 0 Å². The van der Waals surface area contributed by atoms with Gasteiger partial charge in [0.05, 0.1) is 16.3 Å². The van der Waals surface area contributed by atoms with Crippen molar-refractivity contribution in [2.24, 2.45) is 10.2 Å². The first-order valence-corrected chi connectivity index (χ1v) is 7.09. The average molecular weight is 292 g/mol. The third kappa shape index (κ3) is 3.40. The van der Waals surface area contributed by atoms with Crippen molar-refractivity contribution in [1.29, 1.82) is 0 Å². The van der Waals surface area contributed by atoms with E-state index >= 15 is 0 Å². The fraction of sp³-hybridized carbons (Fsp3) is 0.0769. The Morgan fingerprint density at radius 3 is 2.05 bits per heavy atom. The lowest BCUT2D eigenvalue weighted by Gasteiger charge is -1.99. The number of rotatable bonds is 3. The Morgan fingerprint density at radius 2 is 1.50 bits per heavy atom. The molecule has 0 bridgehead atoms. The minimum Gasteiger partial charge on any atom is -0.508 e. The van der Waals surface area contributed by atoms with Gasteiger partial charge in [-0.15, -0.1) is 0 Å². The van der Waals surface area contributed by atoms with Gasteiger partial charge in [0, 0.05) is 0 Å². The molecule has 0 aliphatic rings. The number of aromatic hydroxyl groups is 1. The zero-order valence-corrected chi connectivity index (χ0v) is 11.4. The van der Waals surface area contributed by atoms with Gasteiger partial charge in [0.15, 0.2) is 0 Å². The molecule has 0 aliphatic heterocycles. The third-order valence-electron chi connectivity index (χ3n) is 2.60. The lowest BCUT2D eigenvalue weighted by atomic mass is 10.2. The summed E-state index contributed by atoms with van der Waals surface area (Å²) in [5.74, 6) is 0.182. The summed E-state index contributed by atoms with van der Waals surface area (Å²) in [4.78, 5) is -0.197. The van der Waals surface area contributed by atoms with Gasteiger partial charge in [-0.1, -0.05) is 0 Å². The number of nitrogens with zero attached hydrogens (tertiary/aromatic N) is 2. The predicted octanol–water partition coefficient (Wildman–Crippen LogP) is 3.36. The van der Waals surface area contributed by atoms with Crippen LogP contribution >= 0.6 is 0 Å². The highest BCUT2D eigenvalue weighted by molar-refractivity contribution is 7.85. The van der Waals surface area contributed by atoms with E-state index in [2.05, 4.69) is 10.2 Å². The van der Waals surface area contributed by atoms with Gasteiger partial charge in [-0.25, -0.2) is 0 Å². The SMILES string of the molecule is Cc1cc(/N=N/c2ccc(S(=O)(=O)O)cc2)ccc1O. The second-order valence-corrected chi connectivity index (χ2v) is 5.56. The lowest BCUT2D eigenvalue weighted by Crippen LogP contribution is -1.96. The van der Waals surface area contributed by atoms with Crippen LogP contribution in [0, 0.1) is 6.92 Å². The van der Waals surface area contributed by atoms with Crippen LogP contribution in [0.4, 0.5) is 11.4 Å².